The van der Waals surface area contributed by atoms with Crippen LogP contribution in [0.15, 0.2) is 24.3 Å². The van der Waals surface area contributed by atoms with Crippen molar-refractivity contribution in [3.8, 4) is 0 Å². The van der Waals surface area contributed by atoms with Gasteiger partial charge in [-0.1, -0.05) is 12.1 Å². The summed E-state index contributed by atoms with van der Waals surface area (Å²) in [5.74, 6) is -0.352. The Balaban J connectivity index is 2.27. The van der Waals surface area contributed by atoms with Gasteiger partial charge >= 0.3 is 0 Å². The molecule has 0 radical (unpaired) electrons. The van der Waals surface area contributed by atoms with E-state index in [4.69, 9.17) is 9.84 Å². The number of benzene rings is 1. The molecule has 3 N–H and O–H groups in total. The van der Waals surface area contributed by atoms with E-state index in [1.54, 1.807) is 12.1 Å². The van der Waals surface area contributed by atoms with Crippen molar-refractivity contribution in [1.29, 1.82) is 0 Å². The summed E-state index contributed by atoms with van der Waals surface area (Å²) in [6.45, 7) is -0.373. The fraction of sp³-hybridized carbons (Fsp3) is 0.538. The minimum atomic E-state index is -0.930. The lowest BCUT2D eigenvalue weighted by Crippen LogP contribution is -2.33. The van der Waals surface area contributed by atoms with Crippen molar-refractivity contribution >= 4 is 0 Å². The van der Waals surface area contributed by atoms with E-state index in [-0.39, 0.29) is 18.8 Å². The van der Waals surface area contributed by atoms with Crippen LogP contribution in [0.3, 0.4) is 0 Å². The molecule has 3 unspecified atom stereocenters. The molecule has 0 aromatic heterocycles. The van der Waals surface area contributed by atoms with Crippen molar-refractivity contribution in [1.82, 2.24) is 0 Å². The molecule has 1 aliphatic rings. The SMILES string of the molecule is OCC(O)CC1(c2ccc(F)cc2)CCC(O)O1. The average molecular weight is 256 g/mol. The molecule has 100 valence electrons. The van der Waals surface area contributed by atoms with Crippen LogP contribution in [0.5, 0.6) is 0 Å². The molecule has 1 aromatic rings. The fourth-order valence-electron chi connectivity index (χ4n) is 2.41. The number of hydrogen-bond acceptors (Lipinski definition) is 4. The van der Waals surface area contributed by atoms with Crippen LogP contribution in [0.1, 0.15) is 24.8 Å². The van der Waals surface area contributed by atoms with Gasteiger partial charge in [-0.2, -0.15) is 0 Å². The van der Waals surface area contributed by atoms with Crippen LogP contribution in [0.4, 0.5) is 4.39 Å². The van der Waals surface area contributed by atoms with Gasteiger partial charge in [0, 0.05) is 12.8 Å². The summed E-state index contributed by atoms with van der Waals surface area (Å²) in [5, 5.41) is 28.1. The number of rotatable bonds is 4. The van der Waals surface area contributed by atoms with Crippen LogP contribution >= 0.6 is 0 Å². The number of hydrogen-bond donors (Lipinski definition) is 3. The Morgan fingerprint density at radius 2 is 2.06 bits per heavy atom. The zero-order valence-corrected chi connectivity index (χ0v) is 9.92. The highest BCUT2D eigenvalue weighted by molar-refractivity contribution is 5.24. The van der Waals surface area contributed by atoms with Crippen molar-refractivity contribution < 1.29 is 24.4 Å². The maximum absolute atomic E-state index is 12.9. The van der Waals surface area contributed by atoms with Gasteiger partial charge in [-0.3, -0.25) is 0 Å². The highest BCUT2D eigenvalue weighted by atomic mass is 19.1. The summed E-state index contributed by atoms with van der Waals surface area (Å²) in [5.41, 5.74) is -0.150. The minimum absolute atomic E-state index is 0.173. The molecular formula is C13H17FO4. The van der Waals surface area contributed by atoms with Crippen molar-refractivity contribution in [2.45, 2.75) is 37.3 Å². The number of ether oxygens (including phenoxy) is 1. The topological polar surface area (TPSA) is 69.9 Å². The largest absolute Gasteiger partial charge is 0.394 e. The summed E-state index contributed by atoms with van der Waals surface area (Å²) in [6.07, 6.45) is -0.667. The Labute approximate surface area is 105 Å². The third-order valence-electron chi connectivity index (χ3n) is 3.30. The average Bonchev–Trinajstić information content (AvgIpc) is 2.72. The lowest BCUT2D eigenvalue weighted by molar-refractivity contribution is -0.155. The van der Waals surface area contributed by atoms with Gasteiger partial charge in [-0.25, -0.2) is 4.39 Å². The van der Waals surface area contributed by atoms with E-state index in [1.807, 2.05) is 0 Å². The van der Waals surface area contributed by atoms with Crippen LogP contribution < -0.4 is 0 Å². The Morgan fingerprint density at radius 3 is 2.56 bits per heavy atom. The number of aliphatic hydroxyl groups is 3. The van der Waals surface area contributed by atoms with Gasteiger partial charge in [-0.15, -0.1) is 0 Å². The van der Waals surface area contributed by atoms with Crippen molar-refractivity contribution in [2.24, 2.45) is 0 Å². The zero-order valence-electron chi connectivity index (χ0n) is 9.92. The Kier molecular flexibility index (Phi) is 3.97. The molecule has 5 heteroatoms. The van der Waals surface area contributed by atoms with Crippen LogP contribution in [-0.4, -0.2) is 34.3 Å². The van der Waals surface area contributed by atoms with Crippen molar-refractivity contribution in [2.75, 3.05) is 6.61 Å². The smallest absolute Gasteiger partial charge is 0.155 e. The number of aliphatic hydroxyl groups excluding tert-OH is 3. The van der Waals surface area contributed by atoms with E-state index in [1.165, 1.54) is 12.1 Å². The van der Waals surface area contributed by atoms with E-state index in [0.29, 0.717) is 18.4 Å². The highest BCUT2D eigenvalue weighted by Gasteiger charge is 2.42. The lowest BCUT2D eigenvalue weighted by atomic mass is 9.85. The monoisotopic (exact) mass is 256 g/mol. The van der Waals surface area contributed by atoms with Gasteiger partial charge in [0.1, 0.15) is 5.82 Å². The molecule has 0 aliphatic carbocycles. The molecule has 1 aliphatic heterocycles. The van der Waals surface area contributed by atoms with Crippen LogP contribution in [0, 0.1) is 5.82 Å². The van der Waals surface area contributed by atoms with E-state index < -0.39 is 18.0 Å². The maximum atomic E-state index is 12.9. The fourth-order valence-corrected chi connectivity index (χ4v) is 2.41. The third kappa shape index (κ3) is 2.70. The molecule has 2 rings (SSSR count). The second-order valence-corrected chi connectivity index (χ2v) is 4.65. The maximum Gasteiger partial charge on any atom is 0.155 e. The van der Waals surface area contributed by atoms with Gasteiger partial charge < -0.3 is 20.1 Å². The zero-order chi connectivity index (χ0) is 13.2. The molecule has 1 heterocycles. The van der Waals surface area contributed by atoms with Gasteiger partial charge in [-0.05, 0) is 24.1 Å². The Hall–Kier alpha value is -1.01. The highest BCUT2D eigenvalue weighted by Crippen LogP contribution is 2.42. The normalized spacial score (nSPS) is 29.4. The quantitative estimate of drug-likeness (QED) is 0.748. The molecule has 1 aromatic carbocycles. The predicted molar refractivity (Wildman–Crippen MR) is 62.1 cm³/mol. The molecule has 1 saturated heterocycles. The summed E-state index contributed by atoms with van der Waals surface area (Å²) >= 11 is 0. The van der Waals surface area contributed by atoms with Crippen LogP contribution in [0.25, 0.3) is 0 Å². The molecule has 1 fully saturated rings. The summed E-state index contributed by atoms with van der Waals surface area (Å²) in [6, 6.07) is 5.79. The van der Waals surface area contributed by atoms with Crippen LogP contribution in [-0.2, 0) is 10.3 Å². The molecular weight excluding hydrogens is 239 g/mol. The summed E-state index contributed by atoms with van der Waals surface area (Å²) < 4.78 is 18.4. The van der Waals surface area contributed by atoms with Crippen molar-refractivity contribution in [3.05, 3.63) is 35.6 Å². The first kappa shape index (κ1) is 13.4. The standard InChI is InChI=1S/C13H17FO4/c14-10-3-1-9(2-4-10)13(7-11(16)8-15)6-5-12(17)18-13/h1-4,11-12,15-17H,5-8H2. The lowest BCUT2D eigenvalue weighted by Gasteiger charge is -2.31. The Morgan fingerprint density at radius 1 is 1.39 bits per heavy atom. The van der Waals surface area contributed by atoms with Gasteiger partial charge in [0.2, 0.25) is 0 Å². The molecule has 4 nitrogen and oxygen atoms in total. The predicted octanol–water partition coefficient (Wildman–Crippen LogP) is 0.893. The minimum Gasteiger partial charge on any atom is -0.394 e. The number of halogens is 1. The van der Waals surface area contributed by atoms with E-state index in [0.717, 1.165) is 0 Å². The second kappa shape index (κ2) is 5.32. The van der Waals surface area contributed by atoms with E-state index in [2.05, 4.69) is 0 Å². The first-order valence-corrected chi connectivity index (χ1v) is 5.96. The molecule has 0 saturated carbocycles. The summed E-state index contributed by atoms with van der Waals surface area (Å²) in [4.78, 5) is 0. The van der Waals surface area contributed by atoms with Crippen molar-refractivity contribution in [3.63, 3.8) is 0 Å². The van der Waals surface area contributed by atoms with E-state index >= 15 is 0 Å². The molecule has 0 spiro atoms. The van der Waals surface area contributed by atoms with Gasteiger partial charge in [0.05, 0.1) is 18.3 Å². The van der Waals surface area contributed by atoms with Crippen LogP contribution in [0.2, 0.25) is 0 Å². The molecule has 18 heavy (non-hydrogen) atoms. The molecule has 3 atom stereocenters. The van der Waals surface area contributed by atoms with E-state index in [9.17, 15) is 14.6 Å². The first-order valence-electron chi connectivity index (χ1n) is 5.96. The second-order valence-electron chi connectivity index (χ2n) is 4.65. The van der Waals surface area contributed by atoms with Gasteiger partial charge in [0.25, 0.3) is 0 Å². The first-order chi connectivity index (χ1) is 8.55. The molecule has 0 bridgehead atoms. The Bertz CT molecular complexity index is 394. The molecule has 0 amide bonds. The third-order valence-corrected chi connectivity index (χ3v) is 3.30. The van der Waals surface area contributed by atoms with Gasteiger partial charge in [0.15, 0.2) is 6.29 Å². The summed E-state index contributed by atoms with van der Waals surface area (Å²) in [7, 11) is 0.